The fraction of sp³-hybridized carbons (Fsp3) is 0.907. The van der Waals surface area contributed by atoms with Crippen LogP contribution in [0.5, 0.6) is 0 Å². The van der Waals surface area contributed by atoms with E-state index in [1.165, 1.54) is 96.3 Å². The highest BCUT2D eigenvalue weighted by atomic mass is 31.2. The van der Waals surface area contributed by atoms with Crippen LogP contribution in [0.15, 0.2) is 12.2 Å². The number of carbonyl (C=O) groups excluding carboxylic acids is 2. The maximum Gasteiger partial charge on any atom is 0.472 e. The molecule has 0 rings (SSSR count). The highest BCUT2D eigenvalue weighted by Gasteiger charge is 2.33. The van der Waals surface area contributed by atoms with E-state index in [0.29, 0.717) is 12.8 Å². The Bertz CT molecular complexity index is 1010. The number of phosphoric acid groups is 1. The van der Waals surface area contributed by atoms with Crippen molar-refractivity contribution in [3.05, 3.63) is 12.2 Å². The van der Waals surface area contributed by atoms with Gasteiger partial charge < -0.3 is 39.9 Å². The SMILES string of the molecule is CCCCCCCC/C=C\CCCCCCCC(=O)OC(COC(=O)CCCCCCCCCCCCCCC)COP(=O)(O)OCC(O)C(O)C(O)C(O)CO. The molecule has 0 aliphatic carbocycles. The average Bonchev–Trinajstić information content (AvgIpc) is 3.20. The Balaban J connectivity index is 4.65. The van der Waals surface area contributed by atoms with Gasteiger partial charge in [-0.25, -0.2) is 4.57 Å². The molecule has 0 saturated carbocycles. The number of carbonyl (C=O) groups is 2. The van der Waals surface area contributed by atoms with Crippen molar-refractivity contribution in [2.24, 2.45) is 0 Å². The molecule has 57 heavy (non-hydrogen) atoms. The van der Waals surface area contributed by atoms with Gasteiger partial charge in [-0.15, -0.1) is 0 Å². The van der Waals surface area contributed by atoms with Crippen molar-refractivity contribution in [2.75, 3.05) is 26.4 Å². The van der Waals surface area contributed by atoms with Crippen molar-refractivity contribution in [1.29, 1.82) is 0 Å². The zero-order valence-corrected chi connectivity index (χ0v) is 36.6. The first-order valence-electron chi connectivity index (χ1n) is 22.4. The number of phosphoric ester groups is 1. The van der Waals surface area contributed by atoms with E-state index in [0.717, 1.165) is 57.8 Å². The molecule has 0 aromatic heterocycles. The molecule has 14 heteroatoms. The number of aliphatic hydroxyl groups excluding tert-OH is 5. The smallest absolute Gasteiger partial charge is 0.462 e. The van der Waals surface area contributed by atoms with Gasteiger partial charge in [-0.2, -0.15) is 0 Å². The summed E-state index contributed by atoms with van der Waals surface area (Å²) in [6, 6.07) is 0. The van der Waals surface area contributed by atoms with Crippen LogP contribution < -0.4 is 0 Å². The predicted octanol–water partition coefficient (Wildman–Crippen LogP) is 8.53. The number of unbranched alkanes of at least 4 members (excludes halogenated alkanes) is 23. The third-order valence-electron chi connectivity index (χ3n) is 10.0. The number of hydrogen-bond acceptors (Lipinski definition) is 12. The number of aliphatic hydroxyl groups is 5. The van der Waals surface area contributed by atoms with Gasteiger partial charge in [-0.1, -0.05) is 154 Å². The highest BCUT2D eigenvalue weighted by Crippen LogP contribution is 2.43. The van der Waals surface area contributed by atoms with Gasteiger partial charge in [-0.3, -0.25) is 18.6 Å². The van der Waals surface area contributed by atoms with Gasteiger partial charge >= 0.3 is 19.8 Å². The molecule has 13 nitrogen and oxygen atoms in total. The minimum absolute atomic E-state index is 0.112. The fourth-order valence-electron chi connectivity index (χ4n) is 6.29. The summed E-state index contributed by atoms with van der Waals surface area (Å²) >= 11 is 0. The topological polar surface area (TPSA) is 210 Å². The Hall–Kier alpha value is -1.41. The van der Waals surface area contributed by atoms with Crippen LogP contribution in [0.25, 0.3) is 0 Å². The molecule has 338 valence electrons. The maximum atomic E-state index is 12.7. The number of ether oxygens (including phenoxy) is 2. The molecule has 0 saturated heterocycles. The summed E-state index contributed by atoms with van der Waals surface area (Å²) in [7, 11) is -4.89. The molecule has 0 aliphatic heterocycles. The van der Waals surface area contributed by atoms with Crippen molar-refractivity contribution in [3.63, 3.8) is 0 Å². The summed E-state index contributed by atoms with van der Waals surface area (Å²) in [5.74, 6) is -1.06. The summed E-state index contributed by atoms with van der Waals surface area (Å²) in [6.45, 7) is 1.52. The van der Waals surface area contributed by atoms with E-state index in [1.54, 1.807) is 0 Å². The van der Waals surface area contributed by atoms with Crippen molar-refractivity contribution >= 4 is 19.8 Å². The Morgan fingerprint density at radius 2 is 0.912 bits per heavy atom. The van der Waals surface area contributed by atoms with Crippen molar-refractivity contribution in [3.8, 4) is 0 Å². The molecule has 0 radical (unpaired) electrons. The molecule has 6 unspecified atom stereocenters. The molecule has 0 fully saturated rings. The zero-order valence-electron chi connectivity index (χ0n) is 35.7. The van der Waals surface area contributed by atoms with Crippen LogP contribution >= 0.6 is 7.82 Å². The van der Waals surface area contributed by atoms with Gasteiger partial charge in [-0.05, 0) is 38.5 Å². The third kappa shape index (κ3) is 35.1. The van der Waals surface area contributed by atoms with E-state index in [9.17, 15) is 39.5 Å². The van der Waals surface area contributed by atoms with Crippen LogP contribution in [0.4, 0.5) is 0 Å². The first-order chi connectivity index (χ1) is 27.5. The monoisotopic (exact) mass is 839 g/mol. The maximum absolute atomic E-state index is 12.7. The Labute approximate surface area is 344 Å². The molecule has 0 aromatic rings. The first-order valence-corrected chi connectivity index (χ1v) is 23.9. The summed E-state index contributed by atoms with van der Waals surface area (Å²) in [6.07, 6.45) is 25.8. The van der Waals surface area contributed by atoms with E-state index in [-0.39, 0.29) is 12.8 Å². The molecular formula is C43H83O13P. The summed E-state index contributed by atoms with van der Waals surface area (Å²) < 4.78 is 33.0. The van der Waals surface area contributed by atoms with Crippen LogP contribution in [-0.2, 0) is 32.7 Å². The van der Waals surface area contributed by atoms with Crippen molar-refractivity contribution in [1.82, 2.24) is 0 Å². The molecule has 0 aromatic carbocycles. The second kappa shape index (κ2) is 38.8. The van der Waals surface area contributed by atoms with Crippen LogP contribution in [0.2, 0.25) is 0 Å². The van der Waals surface area contributed by atoms with Crippen LogP contribution in [0.1, 0.15) is 194 Å². The quantitative estimate of drug-likeness (QED) is 0.0148. The minimum atomic E-state index is -4.89. The second-order valence-electron chi connectivity index (χ2n) is 15.5. The van der Waals surface area contributed by atoms with E-state index >= 15 is 0 Å². The lowest BCUT2D eigenvalue weighted by molar-refractivity contribution is -0.161. The molecule has 0 bridgehead atoms. The highest BCUT2D eigenvalue weighted by molar-refractivity contribution is 7.47. The van der Waals surface area contributed by atoms with E-state index in [2.05, 4.69) is 26.0 Å². The summed E-state index contributed by atoms with van der Waals surface area (Å²) in [5, 5.41) is 48.1. The molecule has 0 aliphatic rings. The minimum Gasteiger partial charge on any atom is -0.462 e. The molecular weight excluding hydrogens is 755 g/mol. The van der Waals surface area contributed by atoms with Crippen molar-refractivity contribution < 1.29 is 63.1 Å². The Kier molecular flexibility index (Phi) is 37.8. The molecule has 6 N–H and O–H groups in total. The third-order valence-corrected chi connectivity index (χ3v) is 11.0. The largest absolute Gasteiger partial charge is 0.472 e. The fourth-order valence-corrected chi connectivity index (χ4v) is 7.06. The predicted molar refractivity (Wildman–Crippen MR) is 223 cm³/mol. The lowest BCUT2D eigenvalue weighted by Gasteiger charge is -2.26. The van der Waals surface area contributed by atoms with E-state index in [4.69, 9.17) is 23.6 Å². The van der Waals surface area contributed by atoms with Gasteiger partial charge in [0.2, 0.25) is 0 Å². The summed E-state index contributed by atoms with van der Waals surface area (Å²) in [5.41, 5.74) is 0. The van der Waals surface area contributed by atoms with Gasteiger partial charge in [0.15, 0.2) is 6.10 Å². The lowest BCUT2D eigenvalue weighted by Crippen LogP contribution is -2.47. The first kappa shape index (κ1) is 55.6. The second-order valence-corrected chi connectivity index (χ2v) is 16.9. The number of allylic oxidation sites excluding steroid dienone is 2. The van der Waals surface area contributed by atoms with Crippen LogP contribution in [0, 0.1) is 0 Å². The van der Waals surface area contributed by atoms with Gasteiger partial charge in [0.25, 0.3) is 0 Å². The number of hydrogen-bond donors (Lipinski definition) is 6. The van der Waals surface area contributed by atoms with Crippen LogP contribution in [0.3, 0.4) is 0 Å². The average molecular weight is 839 g/mol. The zero-order chi connectivity index (χ0) is 42.4. The van der Waals surface area contributed by atoms with Gasteiger partial charge in [0, 0.05) is 12.8 Å². The lowest BCUT2D eigenvalue weighted by atomic mass is 10.0. The van der Waals surface area contributed by atoms with E-state index in [1.807, 2.05) is 0 Å². The van der Waals surface area contributed by atoms with Crippen molar-refractivity contribution in [2.45, 2.75) is 224 Å². The Morgan fingerprint density at radius 1 is 0.526 bits per heavy atom. The van der Waals surface area contributed by atoms with E-state index < -0.39 is 76.7 Å². The molecule has 0 spiro atoms. The number of esters is 2. The van der Waals surface area contributed by atoms with Crippen LogP contribution in [-0.4, -0.2) is 99.3 Å². The molecule has 6 atom stereocenters. The van der Waals surface area contributed by atoms with Gasteiger partial charge in [0.1, 0.15) is 31.0 Å². The summed E-state index contributed by atoms with van der Waals surface area (Å²) in [4.78, 5) is 35.3. The standard InChI is InChI=1S/C43H83O13P/c1-3-5-7-9-11-13-15-17-18-20-22-24-26-28-30-32-41(48)56-37(35-54-57(51,52)55-36-39(46)43(50)42(49)38(45)33-44)34-53-40(47)31-29-27-25-23-21-19-16-14-12-10-8-6-4-2/h17-18,37-39,42-46,49-50H,3-16,19-36H2,1-2H3,(H,51,52)/b18-17-. The normalized spacial score (nSPS) is 15.6. The molecule has 0 heterocycles. The van der Waals surface area contributed by atoms with Gasteiger partial charge in [0.05, 0.1) is 19.8 Å². The molecule has 0 amide bonds. The Morgan fingerprint density at radius 3 is 1.37 bits per heavy atom. The number of rotatable bonds is 42.